The molecule has 1 aliphatic rings. The van der Waals surface area contributed by atoms with Gasteiger partial charge in [0, 0.05) is 0 Å². The zero-order valence-corrected chi connectivity index (χ0v) is 9.53. The average molecular weight is 224 g/mol. The zero-order valence-electron chi connectivity index (χ0n) is 9.53. The zero-order chi connectivity index (χ0) is 11.8. The first kappa shape index (κ1) is 11.2. The van der Waals surface area contributed by atoms with Crippen molar-refractivity contribution in [3.8, 4) is 0 Å². The maximum absolute atomic E-state index is 11.2. The Morgan fingerprint density at radius 3 is 2.81 bits per heavy atom. The van der Waals surface area contributed by atoms with Crippen LogP contribution in [-0.2, 0) is 10.3 Å². The maximum Gasteiger partial charge on any atom is 0.373 e. The molecule has 0 spiro atoms. The van der Waals surface area contributed by atoms with Crippen molar-refractivity contribution < 1.29 is 19.1 Å². The second kappa shape index (κ2) is 3.94. The highest BCUT2D eigenvalue weighted by Crippen LogP contribution is 2.47. The molecule has 1 aromatic heterocycles. The maximum atomic E-state index is 11.2. The Kier molecular flexibility index (Phi) is 2.76. The van der Waals surface area contributed by atoms with Crippen LogP contribution in [-0.4, -0.2) is 18.2 Å². The number of carbonyl (C=O) groups excluding carboxylic acids is 1. The van der Waals surface area contributed by atoms with Gasteiger partial charge in [-0.25, -0.2) is 4.79 Å². The first-order valence-electron chi connectivity index (χ1n) is 5.52. The first-order valence-corrected chi connectivity index (χ1v) is 5.52. The van der Waals surface area contributed by atoms with Gasteiger partial charge in [0.1, 0.15) is 11.4 Å². The number of esters is 1. The van der Waals surface area contributed by atoms with E-state index in [4.69, 9.17) is 4.42 Å². The van der Waals surface area contributed by atoms with Gasteiger partial charge in [0.2, 0.25) is 5.76 Å². The Morgan fingerprint density at radius 1 is 1.62 bits per heavy atom. The summed E-state index contributed by atoms with van der Waals surface area (Å²) in [6.07, 6.45) is 2.61. The molecule has 1 atom stereocenters. The Balaban J connectivity index is 2.26. The van der Waals surface area contributed by atoms with E-state index in [2.05, 4.69) is 4.74 Å². The van der Waals surface area contributed by atoms with Gasteiger partial charge in [-0.2, -0.15) is 0 Å². The van der Waals surface area contributed by atoms with Gasteiger partial charge in [-0.15, -0.1) is 0 Å². The van der Waals surface area contributed by atoms with Gasteiger partial charge in [-0.3, -0.25) is 0 Å². The molecular formula is C12H16O4. The summed E-state index contributed by atoms with van der Waals surface area (Å²) in [6, 6.07) is 3.21. The van der Waals surface area contributed by atoms with E-state index in [1.54, 1.807) is 12.1 Å². The minimum absolute atomic E-state index is 0.144. The Labute approximate surface area is 94.2 Å². The molecular weight excluding hydrogens is 208 g/mol. The monoisotopic (exact) mass is 224 g/mol. The second-order valence-corrected chi connectivity index (χ2v) is 4.21. The summed E-state index contributed by atoms with van der Waals surface area (Å²) in [6.45, 7) is 1.92. The molecule has 1 heterocycles. The lowest BCUT2D eigenvalue weighted by Gasteiger charge is -2.23. The number of hydrogen-bond acceptors (Lipinski definition) is 4. The van der Waals surface area contributed by atoms with E-state index >= 15 is 0 Å². The molecule has 0 bridgehead atoms. The van der Waals surface area contributed by atoms with E-state index in [0.717, 1.165) is 12.8 Å². The van der Waals surface area contributed by atoms with E-state index in [1.807, 2.05) is 6.92 Å². The first-order chi connectivity index (χ1) is 7.61. The third kappa shape index (κ3) is 1.73. The molecule has 1 aromatic rings. The molecule has 1 aliphatic carbocycles. The van der Waals surface area contributed by atoms with E-state index in [9.17, 15) is 9.90 Å². The topological polar surface area (TPSA) is 59.7 Å². The minimum atomic E-state index is -0.924. The quantitative estimate of drug-likeness (QED) is 0.795. The fourth-order valence-corrected chi connectivity index (χ4v) is 2.01. The molecule has 1 saturated carbocycles. The molecule has 4 nitrogen and oxygen atoms in total. The van der Waals surface area contributed by atoms with Gasteiger partial charge < -0.3 is 14.3 Å². The van der Waals surface area contributed by atoms with Crippen molar-refractivity contribution in [1.29, 1.82) is 0 Å². The van der Waals surface area contributed by atoms with Crippen LogP contribution >= 0.6 is 0 Å². The smallest absolute Gasteiger partial charge is 0.373 e. The fourth-order valence-electron chi connectivity index (χ4n) is 2.01. The highest BCUT2D eigenvalue weighted by Gasteiger charge is 2.46. The van der Waals surface area contributed by atoms with E-state index in [-0.39, 0.29) is 11.7 Å². The standard InChI is InChI=1S/C12H16O4/c1-3-12(14,8-4-5-8)10-7-6-9(16-10)11(13)15-2/h6-8,14H,3-5H2,1-2H3. The largest absolute Gasteiger partial charge is 0.463 e. The van der Waals surface area contributed by atoms with Crippen molar-refractivity contribution in [2.45, 2.75) is 31.8 Å². The van der Waals surface area contributed by atoms with Crippen LogP contribution in [0.5, 0.6) is 0 Å². The molecule has 1 unspecified atom stereocenters. The van der Waals surface area contributed by atoms with Crippen LogP contribution in [0.15, 0.2) is 16.5 Å². The Morgan fingerprint density at radius 2 is 2.31 bits per heavy atom. The molecule has 0 aliphatic heterocycles. The Hall–Kier alpha value is -1.29. The summed E-state index contributed by atoms with van der Waals surface area (Å²) in [5, 5.41) is 10.5. The molecule has 0 radical (unpaired) electrons. The van der Waals surface area contributed by atoms with Gasteiger partial charge in [-0.05, 0) is 37.3 Å². The van der Waals surface area contributed by atoms with Crippen molar-refractivity contribution in [1.82, 2.24) is 0 Å². The van der Waals surface area contributed by atoms with E-state index < -0.39 is 11.6 Å². The minimum Gasteiger partial charge on any atom is -0.463 e. The molecule has 0 amide bonds. The van der Waals surface area contributed by atoms with Crippen LogP contribution in [0, 0.1) is 5.92 Å². The van der Waals surface area contributed by atoms with Crippen LogP contribution < -0.4 is 0 Å². The van der Waals surface area contributed by atoms with Crippen molar-refractivity contribution >= 4 is 5.97 Å². The van der Waals surface area contributed by atoms with Gasteiger partial charge >= 0.3 is 5.97 Å². The molecule has 16 heavy (non-hydrogen) atoms. The van der Waals surface area contributed by atoms with Gasteiger partial charge in [0.25, 0.3) is 0 Å². The van der Waals surface area contributed by atoms with Crippen molar-refractivity contribution in [3.05, 3.63) is 23.7 Å². The summed E-state index contributed by atoms with van der Waals surface area (Å²) in [4.78, 5) is 11.2. The van der Waals surface area contributed by atoms with Gasteiger partial charge in [0.05, 0.1) is 7.11 Å². The Bertz CT molecular complexity index is 391. The SMILES string of the molecule is CCC(O)(c1ccc(C(=O)OC)o1)C1CC1. The fraction of sp³-hybridized carbons (Fsp3) is 0.583. The molecule has 4 heteroatoms. The highest BCUT2D eigenvalue weighted by molar-refractivity contribution is 5.86. The number of hydrogen-bond donors (Lipinski definition) is 1. The van der Waals surface area contributed by atoms with Crippen LogP contribution in [0.2, 0.25) is 0 Å². The number of carbonyl (C=O) groups is 1. The average Bonchev–Trinajstić information content (AvgIpc) is 3.05. The van der Waals surface area contributed by atoms with Crippen molar-refractivity contribution in [2.75, 3.05) is 7.11 Å². The molecule has 1 N–H and O–H groups in total. The van der Waals surface area contributed by atoms with Crippen LogP contribution in [0.3, 0.4) is 0 Å². The lowest BCUT2D eigenvalue weighted by atomic mass is 9.92. The second-order valence-electron chi connectivity index (χ2n) is 4.21. The summed E-state index contributed by atoms with van der Waals surface area (Å²) in [5.74, 6) is 0.359. The number of aliphatic hydroxyl groups is 1. The molecule has 0 aromatic carbocycles. The highest BCUT2D eigenvalue weighted by atomic mass is 16.5. The number of ether oxygens (including phenoxy) is 1. The van der Waals surface area contributed by atoms with Crippen molar-refractivity contribution in [3.63, 3.8) is 0 Å². The number of rotatable bonds is 4. The van der Waals surface area contributed by atoms with E-state index in [0.29, 0.717) is 12.2 Å². The molecule has 1 fully saturated rings. The summed E-state index contributed by atoms with van der Waals surface area (Å²) < 4.78 is 9.93. The normalized spacial score (nSPS) is 19.2. The predicted octanol–water partition coefficient (Wildman–Crippen LogP) is 2.07. The van der Waals surface area contributed by atoms with Crippen LogP contribution in [0.1, 0.15) is 42.5 Å². The van der Waals surface area contributed by atoms with Gasteiger partial charge in [0.15, 0.2) is 0 Å². The summed E-state index contributed by atoms with van der Waals surface area (Å²) in [7, 11) is 1.30. The van der Waals surface area contributed by atoms with Crippen molar-refractivity contribution in [2.24, 2.45) is 5.92 Å². The molecule has 0 saturated heterocycles. The lowest BCUT2D eigenvalue weighted by Crippen LogP contribution is -2.26. The molecule has 88 valence electrons. The summed E-state index contributed by atoms with van der Waals surface area (Å²) in [5.41, 5.74) is -0.924. The predicted molar refractivity (Wildman–Crippen MR) is 57.0 cm³/mol. The van der Waals surface area contributed by atoms with Crippen LogP contribution in [0.25, 0.3) is 0 Å². The van der Waals surface area contributed by atoms with Crippen LogP contribution in [0.4, 0.5) is 0 Å². The molecule has 2 rings (SSSR count). The number of furan rings is 1. The third-order valence-electron chi connectivity index (χ3n) is 3.21. The number of methoxy groups -OCH3 is 1. The van der Waals surface area contributed by atoms with Gasteiger partial charge in [-0.1, -0.05) is 6.92 Å². The van der Waals surface area contributed by atoms with E-state index in [1.165, 1.54) is 7.11 Å². The lowest BCUT2D eigenvalue weighted by molar-refractivity contribution is -0.0128. The summed E-state index contributed by atoms with van der Waals surface area (Å²) >= 11 is 0. The third-order valence-corrected chi connectivity index (χ3v) is 3.21.